The van der Waals surface area contributed by atoms with Crippen molar-refractivity contribution in [1.82, 2.24) is 52.5 Å². The fourth-order valence-electron chi connectivity index (χ4n) is 7.13. The van der Waals surface area contributed by atoms with E-state index < -0.39 is 144 Å². The zero-order valence-electron chi connectivity index (χ0n) is 43.5. The molecule has 0 spiro atoms. The highest BCUT2D eigenvalue weighted by molar-refractivity contribution is 5.99. The molecular weight excluding hydrogens is 973 g/mol. The second-order valence-electron chi connectivity index (χ2n) is 19.3. The maximum absolute atomic E-state index is 14.1. The summed E-state index contributed by atoms with van der Waals surface area (Å²) in [6.45, 7) is 15.0. The lowest BCUT2D eigenvalue weighted by atomic mass is 9.96. The van der Waals surface area contributed by atoms with Crippen molar-refractivity contribution in [1.29, 1.82) is 0 Å². The Morgan fingerprint density at radius 2 is 1.05 bits per heavy atom. The van der Waals surface area contributed by atoms with Crippen LogP contribution in [0.3, 0.4) is 0 Å². The number of carbonyl (C=O) groups excluding carboxylic acids is 8. The normalized spacial score (nSPS) is 15.3. The van der Waals surface area contributed by atoms with Crippen molar-refractivity contribution in [3.8, 4) is 0 Å². The quantitative estimate of drug-likeness (QED) is 0.0187. The number of aliphatic carboxylic acids is 3. The highest BCUT2D eigenvalue weighted by atomic mass is 16.4. The van der Waals surface area contributed by atoms with Gasteiger partial charge in [-0.1, -0.05) is 61.8 Å². The molecule has 0 saturated heterocycles. The molecule has 1 heterocycles. The summed E-state index contributed by atoms with van der Waals surface area (Å²) in [6, 6.07) is -13.1. The second-order valence-corrected chi connectivity index (χ2v) is 19.3. The van der Waals surface area contributed by atoms with Crippen LogP contribution < -0.4 is 59.7 Å². The molecule has 10 atom stereocenters. The minimum Gasteiger partial charge on any atom is -0.481 e. The van der Waals surface area contributed by atoms with E-state index in [9.17, 15) is 68.1 Å². The fraction of sp³-hybridized carbons (Fsp3) is 0.674. The lowest BCUT2D eigenvalue weighted by Crippen LogP contribution is -2.61. The van der Waals surface area contributed by atoms with Gasteiger partial charge < -0.3 is 80.0 Å². The number of hydrogen-bond donors (Lipinski definition) is 15. The van der Waals surface area contributed by atoms with Crippen LogP contribution in [0.25, 0.3) is 0 Å². The van der Waals surface area contributed by atoms with Crippen LogP contribution in [0.15, 0.2) is 17.5 Å². The minimum atomic E-state index is -1.95. The molecule has 416 valence electrons. The monoisotopic (exact) mass is 1050 g/mol. The van der Waals surface area contributed by atoms with E-state index in [2.05, 4.69) is 57.5 Å². The van der Waals surface area contributed by atoms with Gasteiger partial charge in [-0.2, -0.15) is 0 Å². The number of aromatic nitrogens is 2. The van der Waals surface area contributed by atoms with E-state index in [0.717, 1.165) is 0 Å². The lowest BCUT2D eigenvalue weighted by molar-refractivity contribution is -0.143. The standard InChI is InChI=1S/C46H78N14O14/c1-10-24(8)36(44(72)57-29(16-26-19-50-20-52-26)42(70)59-35(23(6)7)43(71)58-32(45(73)74)15-22(4)5)60-37(65)25(9)53-39(67)30(17-33(61)62)55-41(69)31(18-34(63)64)56-40(68)28(14-21(2)3)54-38(66)27(47)12-11-13-51-46(48)49/h19-25,27-32,35-36H,10-18,47H2,1-9H3,(H,50,52)(H,53,67)(H,54,66)(H,55,69)(H,56,68)(H,57,72)(H,58,71)(H,59,70)(H,60,65)(H,61,62)(H,63,64)(H,73,74)(H4,48,49,51)/t24-,25-,27-,28-,29-,30-,31-,32-,35-,36-/m0/s1. The molecule has 8 amide bonds. The van der Waals surface area contributed by atoms with Crippen LogP contribution in [0.4, 0.5) is 0 Å². The number of H-pyrrole nitrogens is 1. The van der Waals surface area contributed by atoms with Gasteiger partial charge in [0.2, 0.25) is 47.3 Å². The van der Waals surface area contributed by atoms with E-state index in [1.54, 1.807) is 55.4 Å². The van der Waals surface area contributed by atoms with Gasteiger partial charge in [0.05, 0.1) is 25.2 Å². The molecule has 1 rings (SSSR count). The number of rotatable bonds is 34. The molecule has 0 unspecified atom stereocenters. The van der Waals surface area contributed by atoms with E-state index in [4.69, 9.17) is 17.2 Å². The summed E-state index contributed by atoms with van der Waals surface area (Å²) in [5.41, 5.74) is 17.0. The third-order valence-electron chi connectivity index (χ3n) is 11.4. The number of carboxylic acid groups (broad SMARTS) is 3. The van der Waals surface area contributed by atoms with E-state index in [1.807, 2.05) is 0 Å². The van der Waals surface area contributed by atoms with Crippen molar-refractivity contribution in [2.45, 2.75) is 168 Å². The molecule has 0 aliphatic carbocycles. The number of nitrogens with zero attached hydrogens (tertiary/aromatic N) is 2. The summed E-state index contributed by atoms with van der Waals surface area (Å²) in [5, 5.41) is 48.4. The van der Waals surface area contributed by atoms with Gasteiger partial charge in [-0.15, -0.1) is 0 Å². The van der Waals surface area contributed by atoms with Gasteiger partial charge in [0.15, 0.2) is 5.96 Å². The molecule has 74 heavy (non-hydrogen) atoms. The third kappa shape index (κ3) is 23.9. The van der Waals surface area contributed by atoms with Crippen LogP contribution in [0, 0.1) is 23.7 Å². The van der Waals surface area contributed by atoms with Gasteiger partial charge in [-0.3, -0.25) is 52.9 Å². The first-order valence-electron chi connectivity index (χ1n) is 24.3. The number of carboxylic acids is 3. The summed E-state index contributed by atoms with van der Waals surface area (Å²) < 4.78 is 0. The summed E-state index contributed by atoms with van der Waals surface area (Å²) >= 11 is 0. The van der Waals surface area contributed by atoms with E-state index in [1.165, 1.54) is 19.4 Å². The van der Waals surface area contributed by atoms with Gasteiger partial charge >= 0.3 is 17.9 Å². The molecule has 0 fully saturated rings. The number of nitrogens with one attached hydrogen (secondary N) is 9. The third-order valence-corrected chi connectivity index (χ3v) is 11.4. The smallest absolute Gasteiger partial charge is 0.326 e. The van der Waals surface area contributed by atoms with Gasteiger partial charge in [-0.05, 0) is 56.3 Å². The first-order chi connectivity index (χ1) is 34.5. The highest BCUT2D eigenvalue weighted by Crippen LogP contribution is 2.13. The number of aliphatic imine (C=N–C) groups is 1. The zero-order chi connectivity index (χ0) is 56.6. The predicted molar refractivity (Wildman–Crippen MR) is 267 cm³/mol. The van der Waals surface area contributed by atoms with Crippen LogP contribution in [0.1, 0.15) is 113 Å². The Morgan fingerprint density at radius 3 is 1.53 bits per heavy atom. The van der Waals surface area contributed by atoms with E-state index in [-0.39, 0.29) is 50.0 Å². The number of guanidine groups is 1. The lowest BCUT2D eigenvalue weighted by Gasteiger charge is -2.29. The number of aromatic amines is 1. The Bertz CT molecular complexity index is 2110. The van der Waals surface area contributed by atoms with Crippen LogP contribution >= 0.6 is 0 Å². The Balaban J connectivity index is 3.32. The van der Waals surface area contributed by atoms with Crippen LogP contribution in [0.5, 0.6) is 0 Å². The number of imidazole rings is 1. The largest absolute Gasteiger partial charge is 0.481 e. The maximum Gasteiger partial charge on any atom is 0.326 e. The second kappa shape index (κ2) is 31.9. The number of carbonyl (C=O) groups is 11. The Hall–Kier alpha value is -7.39. The maximum atomic E-state index is 14.1. The van der Waals surface area contributed by atoms with Gasteiger partial charge in [0, 0.05) is 24.9 Å². The molecule has 0 bridgehead atoms. The predicted octanol–water partition coefficient (Wildman–Crippen LogP) is -2.94. The summed E-state index contributed by atoms with van der Waals surface area (Å²) in [5.74, 6) is -13.8. The van der Waals surface area contributed by atoms with Crippen molar-refractivity contribution in [2.75, 3.05) is 6.54 Å². The first-order valence-corrected chi connectivity index (χ1v) is 24.3. The van der Waals surface area contributed by atoms with E-state index >= 15 is 0 Å². The Kier molecular flexibility index (Phi) is 27.9. The molecular formula is C46H78N14O14. The van der Waals surface area contributed by atoms with Crippen molar-refractivity contribution >= 4 is 71.1 Å². The van der Waals surface area contributed by atoms with Crippen LogP contribution in [0.2, 0.25) is 0 Å². The summed E-state index contributed by atoms with van der Waals surface area (Å²) in [7, 11) is 0. The molecule has 0 saturated carbocycles. The molecule has 0 radical (unpaired) electrons. The molecule has 1 aromatic heterocycles. The van der Waals surface area contributed by atoms with E-state index in [0.29, 0.717) is 18.5 Å². The number of amides is 8. The number of hydrogen-bond acceptors (Lipinski definition) is 14. The molecule has 28 nitrogen and oxygen atoms in total. The minimum absolute atomic E-state index is 0.0137. The summed E-state index contributed by atoms with van der Waals surface area (Å²) in [6.07, 6.45) is 1.30. The average molecular weight is 1050 g/mol. The van der Waals surface area contributed by atoms with Crippen LogP contribution in [-0.2, 0) is 59.2 Å². The van der Waals surface area contributed by atoms with Crippen molar-refractivity contribution in [3.05, 3.63) is 18.2 Å². The summed E-state index contributed by atoms with van der Waals surface area (Å²) in [4.78, 5) is 155. The first kappa shape index (κ1) is 64.6. The fourth-order valence-corrected chi connectivity index (χ4v) is 7.13. The highest BCUT2D eigenvalue weighted by Gasteiger charge is 2.37. The van der Waals surface area contributed by atoms with Crippen molar-refractivity contribution in [3.63, 3.8) is 0 Å². The Labute approximate surface area is 429 Å². The van der Waals surface area contributed by atoms with Gasteiger partial charge in [0.1, 0.15) is 48.3 Å². The van der Waals surface area contributed by atoms with Gasteiger partial charge in [-0.25, -0.2) is 9.78 Å². The zero-order valence-corrected chi connectivity index (χ0v) is 43.5. The van der Waals surface area contributed by atoms with Crippen molar-refractivity contribution < 1.29 is 68.1 Å². The molecule has 1 aromatic rings. The molecule has 0 aromatic carbocycles. The van der Waals surface area contributed by atoms with Gasteiger partial charge in [0.25, 0.3) is 0 Å². The topological polar surface area (TPSA) is 464 Å². The molecule has 0 aliphatic rings. The number of nitrogens with two attached hydrogens (primary N) is 3. The molecule has 28 heteroatoms. The van der Waals surface area contributed by atoms with Crippen LogP contribution in [-0.4, -0.2) is 157 Å². The SMILES string of the molecule is CC[C@H](C)[C@H](NC(=O)[C@H](C)NC(=O)[C@H](CC(=O)O)NC(=O)[C@H](CC(=O)O)NC(=O)[C@H](CC(C)C)NC(=O)[C@@H](N)CCCN=C(N)N)C(=O)N[C@@H](Cc1cnc[nH]1)C(=O)N[C@H](C(=O)N[C@@H](CC(C)C)C(=O)O)C(C)C. The molecule has 18 N–H and O–H groups in total. The molecule has 0 aliphatic heterocycles. The average Bonchev–Trinajstić information content (AvgIpc) is 3.81. The Morgan fingerprint density at radius 1 is 0.595 bits per heavy atom. The van der Waals surface area contributed by atoms with Crippen molar-refractivity contribution in [2.24, 2.45) is 45.9 Å².